The van der Waals surface area contributed by atoms with Crippen molar-refractivity contribution in [1.29, 1.82) is 0 Å². The van der Waals surface area contributed by atoms with Gasteiger partial charge in [-0.25, -0.2) is 0 Å². The number of nitrogens with one attached hydrogen (secondary N) is 1. The summed E-state index contributed by atoms with van der Waals surface area (Å²) in [4.78, 5) is 0. The van der Waals surface area contributed by atoms with Gasteiger partial charge < -0.3 is 10.6 Å². The lowest BCUT2D eigenvalue weighted by Crippen LogP contribution is -2.30. The highest BCUT2D eigenvalue weighted by Gasteiger charge is 2.02. The van der Waals surface area contributed by atoms with E-state index in [-0.39, 0.29) is 0 Å². The second-order valence-corrected chi connectivity index (χ2v) is 2.23. The van der Waals surface area contributed by atoms with Gasteiger partial charge in [-0.05, 0) is 7.05 Å². The van der Waals surface area contributed by atoms with E-state index < -0.39 is 0 Å². The number of nitrogens with zero attached hydrogens (tertiary/aromatic N) is 1. The van der Waals surface area contributed by atoms with Crippen molar-refractivity contribution in [2.75, 3.05) is 20.1 Å². The van der Waals surface area contributed by atoms with Gasteiger partial charge in [-0.1, -0.05) is 12.8 Å². The van der Waals surface area contributed by atoms with Crippen molar-refractivity contribution >= 4 is 0 Å². The van der Waals surface area contributed by atoms with Crippen LogP contribution in [0.5, 0.6) is 0 Å². The second kappa shape index (κ2) is 3.05. The summed E-state index contributed by atoms with van der Waals surface area (Å²) in [6, 6.07) is 0.743. The second-order valence-electron chi connectivity index (χ2n) is 2.23. The largest absolute Gasteiger partial charge is 0.662 e. The summed E-state index contributed by atoms with van der Waals surface area (Å²) in [5.74, 6) is 0. The Kier molecular flexibility index (Phi) is 2.30. The van der Waals surface area contributed by atoms with Gasteiger partial charge in [0.1, 0.15) is 0 Å². The molecule has 0 aromatic rings. The molecule has 0 aromatic heterocycles. The van der Waals surface area contributed by atoms with Crippen LogP contribution in [0, 0.1) is 0 Å². The maximum Gasteiger partial charge on any atom is 0.00313 e. The summed E-state index contributed by atoms with van der Waals surface area (Å²) in [5, 5.41) is 7.48. The van der Waals surface area contributed by atoms with E-state index in [9.17, 15) is 0 Å². The van der Waals surface area contributed by atoms with Gasteiger partial charge in [-0.15, -0.1) is 13.1 Å². The van der Waals surface area contributed by atoms with Crippen LogP contribution >= 0.6 is 0 Å². The molecule has 2 heteroatoms. The van der Waals surface area contributed by atoms with Crippen LogP contribution in [-0.4, -0.2) is 26.2 Å². The lowest BCUT2D eigenvalue weighted by Gasteiger charge is -2.31. The molecule has 0 amide bonds. The zero-order valence-corrected chi connectivity index (χ0v) is 5.35. The first kappa shape index (κ1) is 6.05. The van der Waals surface area contributed by atoms with Crippen molar-refractivity contribution in [3.05, 3.63) is 5.32 Å². The lowest BCUT2D eigenvalue weighted by atomic mass is 10.1. The Bertz CT molecular complexity index is 57.5. The standard InChI is InChI=1S/C6H13N2/c1-7-6-2-4-8-5-3-6/h6-7H,2-5H2,1H3/q-1. The van der Waals surface area contributed by atoms with Gasteiger partial charge in [0.25, 0.3) is 0 Å². The van der Waals surface area contributed by atoms with Gasteiger partial charge in [-0.3, -0.25) is 0 Å². The molecule has 0 unspecified atom stereocenters. The highest BCUT2D eigenvalue weighted by Crippen LogP contribution is 2.08. The van der Waals surface area contributed by atoms with Crippen molar-refractivity contribution in [3.63, 3.8) is 0 Å². The minimum atomic E-state index is 0.743. The maximum absolute atomic E-state index is 4.24. The number of rotatable bonds is 1. The Morgan fingerprint density at radius 3 is 2.38 bits per heavy atom. The van der Waals surface area contributed by atoms with Crippen LogP contribution in [0.25, 0.3) is 5.32 Å². The molecule has 0 atom stereocenters. The summed E-state index contributed by atoms with van der Waals surface area (Å²) in [7, 11) is 2.02. The van der Waals surface area contributed by atoms with E-state index in [1.165, 1.54) is 12.8 Å². The summed E-state index contributed by atoms with van der Waals surface area (Å²) in [6.07, 6.45) is 2.47. The molecule has 1 N–H and O–H groups in total. The number of hydrogen-bond donors (Lipinski definition) is 1. The van der Waals surface area contributed by atoms with Crippen LogP contribution in [-0.2, 0) is 0 Å². The van der Waals surface area contributed by atoms with Crippen LogP contribution in [0.3, 0.4) is 0 Å². The maximum atomic E-state index is 4.24. The highest BCUT2D eigenvalue weighted by molar-refractivity contribution is 4.89. The van der Waals surface area contributed by atoms with E-state index in [0.29, 0.717) is 0 Å². The monoisotopic (exact) mass is 113 g/mol. The molecule has 1 heterocycles. The summed E-state index contributed by atoms with van der Waals surface area (Å²) >= 11 is 0. The zero-order valence-electron chi connectivity index (χ0n) is 5.35. The fraction of sp³-hybridized carbons (Fsp3) is 1.00. The molecule has 0 bridgehead atoms. The van der Waals surface area contributed by atoms with E-state index in [2.05, 4.69) is 10.6 Å². The van der Waals surface area contributed by atoms with Crippen molar-refractivity contribution in [2.24, 2.45) is 0 Å². The number of piperidine rings is 1. The first-order chi connectivity index (χ1) is 3.93. The average molecular weight is 113 g/mol. The molecule has 1 saturated heterocycles. The predicted molar refractivity (Wildman–Crippen MR) is 35.2 cm³/mol. The van der Waals surface area contributed by atoms with Gasteiger partial charge in [0.2, 0.25) is 0 Å². The fourth-order valence-electron chi connectivity index (χ4n) is 1.04. The van der Waals surface area contributed by atoms with Crippen LogP contribution in [0.1, 0.15) is 12.8 Å². The molecule has 1 fully saturated rings. The molecule has 0 saturated carbocycles. The Morgan fingerprint density at radius 2 is 2.00 bits per heavy atom. The van der Waals surface area contributed by atoms with E-state index in [0.717, 1.165) is 19.1 Å². The van der Waals surface area contributed by atoms with Gasteiger partial charge in [0.15, 0.2) is 0 Å². The number of hydrogen-bond acceptors (Lipinski definition) is 1. The Morgan fingerprint density at radius 1 is 1.38 bits per heavy atom. The Hall–Kier alpha value is -0.0800. The summed E-state index contributed by atoms with van der Waals surface area (Å²) in [6.45, 7) is 2.12. The molecule has 1 rings (SSSR count). The first-order valence-electron chi connectivity index (χ1n) is 3.24. The van der Waals surface area contributed by atoms with E-state index in [4.69, 9.17) is 0 Å². The van der Waals surface area contributed by atoms with Gasteiger partial charge >= 0.3 is 0 Å². The quantitative estimate of drug-likeness (QED) is 0.533. The molecule has 8 heavy (non-hydrogen) atoms. The minimum Gasteiger partial charge on any atom is -0.662 e. The van der Waals surface area contributed by atoms with Gasteiger partial charge in [0.05, 0.1) is 0 Å². The van der Waals surface area contributed by atoms with Crippen LogP contribution < -0.4 is 5.32 Å². The fourth-order valence-corrected chi connectivity index (χ4v) is 1.04. The smallest absolute Gasteiger partial charge is 0.00313 e. The van der Waals surface area contributed by atoms with Crippen LogP contribution in [0.15, 0.2) is 0 Å². The molecule has 48 valence electrons. The van der Waals surface area contributed by atoms with Crippen molar-refractivity contribution in [3.8, 4) is 0 Å². The third-order valence-electron chi connectivity index (χ3n) is 1.68. The van der Waals surface area contributed by atoms with Gasteiger partial charge in [-0.2, -0.15) is 0 Å². The molecule has 0 spiro atoms. The summed E-state index contributed by atoms with van der Waals surface area (Å²) < 4.78 is 0. The Balaban J connectivity index is 2.13. The van der Waals surface area contributed by atoms with Crippen molar-refractivity contribution in [1.82, 2.24) is 5.32 Å². The average Bonchev–Trinajstić information content (AvgIpc) is 1.90. The van der Waals surface area contributed by atoms with Crippen LogP contribution in [0.2, 0.25) is 0 Å². The SMILES string of the molecule is CNC1CC[N-]CC1. The van der Waals surface area contributed by atoms with E-state index in [1.807, 2.05) is 7.05 Å². The minimum absolute atomic E-state index is 0.743. The van der Waals surface area contributed by atoms with Crippen molar-refractivity contribution < 1.29 is 0 Å². The molecule has 0 aliphatic carbocycles. The lowest BCUT2D eigenvalue weighted by molar-refractivity contribution is 0.485. The molecule has 1 aliphatic heterocycles. The topological polar surface area (TPSA) is 26.1 Å². The predicted octanol–water partition coefficient (Wildman–Crippen LogP) is 0.742. The third-order valence-corrected chi connectivity index (χ3v) is 1.68. The van der Waals surface area contributed by atoms with E-state index >= 15 is 0 Å². The first-order valence-corrected chi connectivity index (χ1v) is 3.24. The normalized spacial score (nSPS) is 23.6. The Labute approximate surface area is 50.7 Å². The third kappa shape index (κ3) is 1.46. The molecule has 0 aromatic carbocycles. The summed E-state index contributed by atoms with van der Waals surface area (Å²) in [5.41, 5.74) is 0. The molecule has 1 aliphatic rings. The molecular formula is C6H13N2-. The van der Waals surface area contributed by atoms with E-state index in [1.54, 1.807) is 0 Å². The van der Waals surface area contributed by atoms with Crippen LogP contribution in [0.4, 0.5) is 0 Å². The molecular weight excluding hydrogens is 100 g/mol. The highest BCUT2D eigenvalue weighted by atomic mass is 14.9. The van der Waals surface area contributed by atoms with Gasteiger partial charge in [0, 0.05) is 6.04 Å². The zero-order chi connectivity index (χ0) is 5.82. The molecule has 2 nitrogen and oxygen atoms in total. The molecule has 0 radical (unpaired) electrons. The van der Waals surface area contributed by atoms with Crippen molar-refractivity contribution in [2.45, 2.75) is 18.9 Å².